The second kappa shape index (κ2) is 13.7. The Balaban J connectivity index is 1.30. The summed E-state index contributed by atoms with van der Waals surface area (Å²) >= 11 is 0. The fourth-order valence-electron chi connectivity index (χ4n) is 4.03. The highest BCUT2D eigenvalue weighted by molar-refractivity contribution is 7.92. The van der Waals surface area contributed by atoms with E-state index in [0.717, 1.165) is 23.3 Å². The fraction of sp³-hybridized carbons (Fsp3) is 0.219. The SMILES string of the molecule is CCc1ccc(OCCNC(=O)c2ccc(CN(c3ccc(OCc4ccccc4)cc3)S(C)(=O)=O)cc2)cc1. The molecule has 4 aromatic carbocycles. The summed E-state index contributed by atoms with van der Waals surface area (Å²) in [6.07, 6.45) is 2.15. The summed E-state index contributed by atoms with van der Waals surface area (Å²) in [5, 5.41) is 2.85. The molecule has 208 valence electrons. The van der Waals surface area contributed by atoms with Crippen molar-refractivity contribution in [1.29, 1.82) is 0 Å². The average molecular weight is 559 g/mol. The molecular formula is C32H34N2O5S. The van der Waals surface area contributed by atoms with Crippen molar-refractivity contribution in [1.82, 2.24) is 5.32 Å². The smallest absolute Gasteiger partial charge is 0.251 e. The van der Waals surface area contributed by atoms with Gasteiger partial charge in [0.2, 0.25) is 10.0 Å². The number of nitrogens with zero attached hydrogens (tertiary/aromatic N) is 1. The van der Waals surface area contributed by atoms with Crippen LogP contribution in [0, 0.1) is 0 Å². The van der Waals surface area contributed by atoms with Gasteiger partial charge in [0.15, 0.2) is 0 Å². The van der Waals surface area contributed by atoms with E-state index in [4.69, 9.17) is 9.47 Å². The summed E-state index contributed by atoms with van der Waals surface area (Å²) in [6, 6.07) is 31.6. The standard InChI is InChI=1S/C32H34N2O5S/c1-3-25-11-17-30(18-12-25)38-22-21-33-32(35)28-13-9-26(10-14-28)23-34(40(2,36)37)29-15-19-31(20-16-29)39-24-27-7-5-4-6-8-27/h4-20H,3,21-24H2,1-2H3,(H,33,35). The molecule has 0 saturated heterocycles. The number of hydrogen-bond donors (Lipinski definition) is 1. The highest BCUT2D eigenvalue weighted by Gasteiger charge is 2.18. The number of sulfonamides is 1. The summed E-state index contributed by atoms with van der Waals surface area (Å²) in [4.78, 5) is 12.5. The fourth-order valence-corrected chi connectivity index (χ4v) is 4.92. The van der Waals surface area contributed by atoms with Crippen LogP contribution in [-0.4, -0.2) is 33.7 Å². The molecule has 0 radical (unpaired) electrons. The second-order valence-electron chi connectivity index (χ2n) is 9.34. The van der Waals surface area contributed by atoms with Crippen LogP contribution in [0.3, 0.4) is 0 Å². The van der Waals surface area contributed by atoms with Crippen LogP contribution in [0.1, 0.15) is 34.0 Å². The molecule has 4 aromatic rings. The zero-order valence-electron chi connectivity index (χ0n) is 22.7. The molecule has 7 nitrogen and oxygen atoms in total. The van der Waals surface area contributed by atoms with Crippen molar-refractivity contribution in [2.24, 2.45) is 0 Å². The lowest BCUT2D eigenvalue weighted by Gasteiger charge is -2.23. The maximum atomic E-state index is 12.6. The van der Waals surface area contributed by atoms with Crippen molar-refractivity contribution in [3.8, 4) is 11.5 Å². The van der Waals surface area contributed by atoms with Crippen molar-refractivity contribution in [3.63, 3.8) is 0 Å². The van der Waals surface area contributed by atoms with Crippen LogP contribution in [0.15, 0.2) is 103 Å². The van der Waals surface area contributed by atoms with E-state index in [-0.39, 0.29) is 12.5 Å². The number of carbonyl (C=O) groups is 1. The molecule has 0 aliphatic heterocycles. The number of amides is 1. The number of hydrogen-bond acceptors (Lipinski definition) is 5. The quantitative estimate of drug-likeness (QED) is 0.216. The van der Waals surface area contributed by atoms with E-state index in [0.29, 0.717) is 36.8 Å². The lowest BCUT2D eigenvalue weighted by atomic mass is 10.1. The molecule has 0 heterocycles. The predicted molar refractivity (Wildman–Crippen MR) is 158 cm³/mol. The van der Waals surface area contributed by atoms with Crippen LogP contribution in [-0.2, 0) is 29.6 Å². The van der Waals surface area contributed by atoms with E-state index >= 15 is 0 Å². The van der Waals surface area contributed by atoms with Gasteiger partial charge in [0.1, 0.15) is 24.7 Å². The van der Waals surface area contributed by atoms with Crippen molar-refractivity contribution >= 4 is 21.6 Å². The first-order chi connectivity index (χ1) is 19.3. The number of anilines is 1. The number of benzene rings is 4. The predicted octanol–water partition coefficient (Wildman–Crippen LogP) is 5.60. The molecule has 0 unspecified atom stereocenters. The normalized spacial score (nSPS) is 11.1. The van der Waals surface area contributed by atoms with Crippen molar-refractivity contribution in [2.45, 2.75) is 26.5 Å². The molecule has 4 rings (SSSR count). The lowest BCUT2D eigenvalue weighted by Crippen LogP contribution is -2.29. The van der Waals surface area contributed by atoms with E-state index in [9.17, 15) is 13.2 Å². The Morgan fingerprint density at radius 3 is 1.98 bits per heavy atom. The molecule has 0 aliphatic carbocycles. The first-order valence-corrected chi connectivity index (χ1v) is 15.0. The molecule has 8 heteroatoms. The minimum absolute atomic E-state index is 0.135. The number of nitrogens with one attached hydrogen (secondary N) is 1. The summed E-state index contributed by atoms with van der Waals surface area (Å²) in [6.45, 7) is 3.38. The summed E-state index contributed by atoms with van der Waals surface area (Å²) in [7, 11) is -3.55. The van der Waals surface area contributed by atoms with Crippen molar-refractivity contribution in [2.75, 3.05) is 23.7 Å². The van der Waals surface area contributed by atoms with Crippen LogP contribution in [0.5, 0.6) is 11.5 Å². The monoisotopic (exact) mass is 558 g/mol. The van der Waals surface area contributed by atoms with E-state index < -0.39 is 10.0 Å². The van der Waals surface area contributed by atoms with Gasteiger partial charge < -0.3 is 14.8 Å². The maximum absolute atomic E-state index is 12.6. The third kappa shape index (κ3) is 8.35. The van der Waals surface area contributed by atoms with Crippen LogP contribution in [0.4, 0.5) is 5.69 Å². The third-order valence-corrected chi connectivity index (χ3v) is 7.44. The zero-order chi connectivity index (χ0) is 28.4. The Morgan fingerprint density at radius 2 is 1.35 bits per heavy atom. The molecule has 0 saturated carbocycles. The van der Waals surface area contributed by atoms with E-state index in [1.165, 1.54) is 16.1 Å². The number of ether oxygens (including phenoxy) is 2. The molecule has 40 heavy (non-hydrogen) atoms. The summed E-state index contributed by atoms with van der Waals surface area (Å²) < 4.78 is 38.0. The molecule has 0 spiro atoms. The molecule has 1 N–H and O–H groups in total. The van der Waals surface area contributed by atoms with Gasteiger partial charge in [-0.25, -0.2) is 8.42 Å². The highest BCUT2D eigenvalue weighted by Crippen LogP contribution is 2.24. The topological polar surface area (TPSA) is 84.9 Å². The van der Waals surface area contributed by atoms with Gasteiger partial charge in [-0.1, -0.05) is 61.5 Å². The minimum Gasteiger partial charge on any atom is -0.492 e. The number of aryl methyl sites for hydroxylation is 1. The number of carbonyl (C=O) groups excluding carboxylic acids is 1. The molecule has 0 atom stereocenters. The number of rotatable bonds is 13. The molecule has 0 fully saturated rings. The van der Waals surface area contributed by atoms with E-state index in [2.05, 4.69) is 12.2 Å². The second-order valence-corrected chi connectivity index (χ2v) is 11.2. The Kier molecular flexibility index (Phi) is 9.81. The summed E-state index contributed by atoms with van der Waals surface area (Å²) in [5.74, 6) is 1.19. The van der Waals surface area contributed by atoms with Gasteiger partial charge in [-0.15, -0.1) is 0 Å². The highest BCUT2D eigenvalue weighted by atomic mass is 32.2. The molecular weight excluding hydrogens is 524 g/mol. The van der Waals surface area contributed by atoms with Gasteiger partial charge >= 0.3 is 0 Å². The average Bonchev–Trinajstić information content (AvgIpc) is 2.98. The molecule has 0 aliphatic rings. The molecule has 0 aromatic heterocycles. The molecule has 0 bridgehead atoms. The minimum atomic E-state index is -3.55. The Hall–Kier alpha value is -4.30. The van der Waals surface area contributed by atoms with Crippen LogP contribution >= 0.6 is 0 Å². The van der Waals surface area contributed by atoms with E-state index in [1.807, 2.05) is 54.6 Å². The van der Waals surface area contributed by atoms with Gasteiger partial charge in [0.25, 0.3) is 5.91 Å². The largest absolute Gasteiger partial charge is 0.492 e. The van der Waals surface area contributed by atoms with Crippen molar-refractivity contribution < 1.29 is 22.7 Å². The summed E-state index contributed by atoms with van der Waals surface area (Å²) in [5.41, 5.74) is 4.06. The van der Waals surface area contributed by atoms with Gasteiger partial charge in [0.05, 0.1) is 25.0 Å². The Labute approximate surface area is 236 Å². The zero-order valence-corrected chi connectivity index (χ0v) is 23.6. The van der Waals surface area contributed by atoms with Gasteiger partial charge in [-0.05, 0) is 71.6 Å². The van der Waals surface area contributed by atoms with Gasteiger partial charge in [-0.3, -0.25) is 9.10 Å². The van der Waals surface area contributed by atoms with Gasteiger partial charge in [0, 0.05) is 5.56 Å². The first kappa shape index (κ1) is 28.7. The van der Waals surface area contributed by atoms with Crippen LogP contribution in [0.25, 0.3) is 0 Å². The van der Waals surface area contributed by atoms with Crippen molar-refractivity contribution in [3.05, 3.63) is 125 Å². The van der Waals surface area contributed by atoms with E-state index in [1.54, 1.807) is 48.5 Å². The Morgan fingerprint density at radius 1 is 0.750 bits per heavy atom. The van der Waals surface area contributed by atoms with Crippen LogP contribution < -0.4 is 19.1 Å². The first-order valence-electron chi connectivity index (χ1n) is 13.1. The maximum Gasteiger partial charge on any atom is 0.251 e. The Bertz CT molecular complexity index is 1470. The van der Waals surface area contributed by atoms with Crippen LogP contribution in [0.2, 0.25) is 0 Å². The molecule has 1 amide bonds. The third-order valence-electron chi connectivity index (χ3n) is 6.30. The lowest BCUT2D eigenvalue weighted by molar-refractivity contribution is 0.0947. The van der Waals surface area contributed by atoms with Gasteiger partial charge in [-0.2, -0.15) is 0 Å².